The van der Waals surface area contributed by atoms with E-state index in [2.05, 4.69) is 13.8 Å². The zero-order valence-electron chi connectivity index (χ0n) is 21.1. The molecular formula is C29H44N2O3. The second-order valence-electron chi connectivity index (χ2n) is 12.0. The molecule has 5 N–H and O–H groups in total. The number of anilines is 2. The Morgan fingerprint density at radius 2 is 1.71 bits per heavy atom. The smallest absolute Gasteiger partial charge is 0.303 e. The number of ketones is 1. The SMILES string of the molecule is CC12C(=O)CC3C(CC[C@@H]4CCCCC34C)C1CCC2CCCC(=O)O.Nc1ccccc1N. The van der Waals surface area contributed by atoms with Crippen LogP contribution in [0.1, 0.15) is 90.9 Å². The van der Waals surface area contributed by atoms with Crippen LogP contribution in [0.4, 0.5) is 11.4 Å². The highest BCUT2D eigenvalue weighted by molar-refractivity contribution is 5.87. The Balaban J connectivity index is 0.000000291. The molecule has 0 spiro atoms. The molecule has 34 heavy (non-hydrogen) atoms. The van der Waals surface area contributed by atoms with E-state index in [1.165, 1.54) is 44.9 Å². The normalized spacial score (nSPS) is 38.6. The molecule has 6 unspecified atom stereocenters. The molecule has 4 aliphatic rings. The molecule has 7 atom stereocenters. The van der Waals surface area contributed by atoms with E-state index in [0.29, 0.717) is 40.3 Å². The van der Waals surface area contributed by atoms with Crippen molar-refractivity contribution >= 4 is 23.1 Å². The second kappa shape index (κ2) is 9.91. The van der Waals surface area contributed by atoms with E-state index < -0.39 is 5.97 Å². The van der Waals surface area contributed by atoms with Crippen LogP contribution in [0.3, 0.4) is 0 Å². The van der Waals surface area contributed by atoms with Crippen molar-refractivity contribution < 1.29 is 14.7 Å². The van der Waals surface area contributed by atoms with Crippen molar-refractivity contribution in [1.29, 1.82) is 0 Å². The molecule has 0 saturated heterocycles. The average molecular weight is 469 g/mol. The first-order chi connectivity index (χ1) is 16.2. The Morgan fingerprint density at radius 1 is 1.00 bits per heavy atom. The Hall–Kier alpha value is -2.04. The van der Waals surface area contributed by atoms with Crippen molar-refractivity contribution in [2.24, 2.45) is 40.4 Å². The molecule has 4 fully saturated rings. The maximum absolute atomic E-state index is 13.5. The third kappa shape index (κ3) is 4.47. The van der Waals surface area contributed by atoms with E-state index in [1.807, 2.05) is 12.1 Å². The van der Waals surface area contributed by atoms with Gasteiger partial charge in [0.15, 0.2) is 0 Å². The first kappa shape index (κ1) is 25.1. The van der Waals surface area contributed by atoms with E-state index in [-0.39, 0.29) is 11.8 Å². The summed E-state index contributed by atoms with van der Waals surface area (Å²) < 4.78 is 0. The number of hydrogen-bond acceptors (Lipinski definition) is 4. The lowest BCUT2D eigenvalue weighted by atomic mass is 9.44. The van der Waals surface area contributed by atoms with Crippen LogP contribution >= 0.6 is 0 Å². The number of carboxylic acids is 1. The molecule has 0 bridgehead atoms. The quantitative estimate of drug-likeness (QED) is 0.448. The summed E-state index contributed by atoms with van der Waals surface area (Å²) in [5.41, 5.74) is 12.3. The maximum atomic E-state index is 13.5. The van der Waals surface area contributed by atoms with Gasteiger partial charge in [-0.2, -0.15) is 0 Å². The van der Waals surface area contributed by atoms with Gasteiger partial charge >= 0.3 is 5.97 Å². The molecule has 1 aromatic carbocycles. The topological polar surface area (TPSA) is 106 Å². The first-order valence-corrected chi connectivity index (χ1v) is 13.5. The number of rotatable bonds is 4. The van der Waals surface area contributed by atoms with Crippen LogP contribution in [0.15, 0.2) is 24.3 Å². The largest absolute Gasteiger partial charge is 0.481 e. The lowest BCUT2D eigenvalue weighted by Gasteiger charge is -2.59. The van der Waals surface area contributed by atoms with Gasteiger partial charge in [-0.15, -0.1) is 0 Å². The van der Waals surface area contributed by atoms with Gasteiger partial charge in [-0.25, -0.2) is 0 Å². The van der Waals surface area contributed by atoms with Gasteiger partial charge in [0.25, 0.3) is 0 Å². The molecule has 1 aromatic rings. The lowest BCUT2D eigenvalue weighted by molar-refractivity contribution is -0.156. The van der Waals surface area contributed by atoms with E-state index in [4.69, 9.17) is 16.6 Å². The number of carboxylic acid groups (broad SMARTS) is 1. The summed E-state index contributed by atoms with van der Waals surface area (Å²) in [5.74, 6) is 2.99. The van der Waals surface area contributed by atoms with Gasteiger partial charge in [0.1, 0.15) is 5.78 Å². The third-order valence-corrected chi connectivity index (χ3v) is 10.6. The summed E-state index contributed by atoms with van der Waals surface area (Å²) in [6.07, 6.45) is 13.2. The molecule has 0 radical (unpaired) electrons. The lowest BCUT2D eigenvalue weighted by Crippen LogP contribution is -2.56. The summed E-state index contributed by atoms with van der Waals surface area (Å²) in [4.78, 5) is 24.4. The van der Waals surface area contributed by atoms with Crippen molar-refractivity contribution in [2.75, 3.05) is 11.5 Å². The number of carbonyl (C=O) groups excluding carboxylic acids is 1. The summed E-state index contributed by atoms with van der Waals surface area (Å²) in [6, 6.07) is 7.25. The molecule has 0 amide bonds. The molecule has 188 valence electrons. The zero-order valence-corrected chi connectivity index (χ0v) is 21.1. The molecule has 5 heteroatoms. The van der Waals surface area contributed by atoms with Crippen molar-refractivity contribution in [1.82, 2.24) is 0 Å². The first-order valence-electron chi connectivity index (χ1n) is 13.5. The average Bonchev–Trinajstić information content (AvgIpc) is 3.14. The molecule has 4 aliphatic carbocycles. The monoisotopic (exact) mass is 468 g/mol. The molecule has 0 aliphatic heterocycles. The Labute approximate surface area is 205 Å². The van der Waals surface area contributed by atoms with Crippen LogP contribution in [0, 0.1) is 40.4 Å². The van der Waals surface area contributed by atoms with Crippen LogP contribution < -0.4 is 11.5 Å². The minimum Gasteiger partial charge on any atom is -0.481 e. The maximum Gasteiger partial charge on any atom is 0.303 e. The zero-order chi connectivity index (χ0) is 24.5. The van der Waals surface area contributed by atoms with Gasteiger partial charge in [0, 0.05) is 18.3 Å². The third-order valence-electron chi connectivity index (χ3n) is 10.6. The van der Waals surface area contributed by atoms with Gasteiger partial charge in [0.05, 0.1) is 11.4 Å². The fraction of sp³-hybridized carbons (Fsp3) is 0.724. The summed E-state index contributed by atoms with van der Waals surface area (Å²) in [6.45, 7) is 4.77. The van der Waals surface area contributed by atoms with Gasteiger partial charge in [-0.05, 0) is 98.5 Å². The van der Waals surface area contributed by atoms with Crippen molar-refractivity contribution in [3.63, 3.8) is 0 Å². The predicted molar refractivity (Wildman–Crippen MR) is 137 cm³/mol. The number of aliphatic carboxylic acids is 1. The van der Waals surface area contributed by atoms with E-state index >= 15 is 0 Å². The van der Waals surface area contributed by atoms with E-state index in [0.717, 1.165) is 37.5 Å². The number of carbonyl (C=O) groups is 2. The van der Waals surface area contributed by atoms with Crippen molar-refractivity contribution in [2.45, 2.75) is 90.9 Å². The predicted octanol–water partition coefficient (Wildman–Crippen LogP) is 6.32. The Bertz CT molecular complexity index is 880. The summed E-state index contributed by atoms with van der Waals surface area (Å²) in [5, 5.41) is 8.96. The molecule has 0 aromatic heterocycles. The number of para-hydroxylation sites is 2. The molecular weight excluding hydrogens is 424 g/mol. The number of nitrogens with two attached hydrogens (primary N) is 2. The summed E-state index contributed by atoms with van der Waals surface area (Å²) >= 11 is 0. The number of nitrogen functional groups attached to an aromatic ring is 2. The molecule has 0 heterocycles. The minimum atomic E-state index is -0.705. The highest BCUT2D eigenvalue weighted by Gasteiger charge is 2.62. The Kier molecular flexibility index (Phi) is 7.30. The number of benzene rings is 1. The molecule has 5 rings (SSSR count). The van der Waals surface area contributed by atoms with Gasteiger partial charge in [0.2, 0.25) is 0 Å². The van der Waals surface area contributed by atoms with Gasteiger partial charge in [-0.1, -0.05) is 38.8 Å². The number of Topliss-reactive ketones (excluding diaryl/α,β-unsaturated/α-hetero) is 1. The minimum absolute atomic E-state index is 0.169. The van der Waals surface area contributed by atoms with Gasteiger partial charge in [-0.3, -0.25) is 9.59 Å². The van der Waals surface area contributed by atoms with Gasteiger partial charge < -0.3 is 16.6 Å². The van der Waals surface area contributed by atoms with Crippen LogP contribution in [0.25, 0.3) is 0 Å². The Morgan fingerprint density at radius 3 is 2.35 bits per heavy atom. The fourth-order valence-electron chi connectivity index (χ4n) is 8.59. The highest BCUT2D eigenvalue weighted by Crippen LogP contribution is 2.66. The van der Waals surface area contributed by atoms with Crippen LogP contribution in [-0.4, -0.2) is 16.9 Å². The standard InChI is InChI=1S/C23H36O3.C6H8N2/c1-22-13-4-3-6-15(22)9-11-17-18-12-10-16(7-5-8-21(25)26)23(18,2)20(24)14-19(17)22;7-5-3-1-2-4-6(5)8/h15-19H,3-14H2,1-2H3,(H,25,26);1-4H,7-8H2/t15-,16?,17?,18?,19?,22?,23?;/m0./s1. The van der Waals surface area contributed by atoms with Crippen LogP contribution in [0.2, 0.25) is 0 Å². The van der Waals surface area contributed by atoms with E-state index in [1.54, 1.807) is 12.1 Å². The van der Waals surface area contributed by atoms with Crippen LogP contribution in [-0.2, 0) is 9.59 Å². The van der Waals surface area contributed by atoms with Crippen LogP contribution in [0.5, 0.6) is 0 Å². The summed E-state index contributed by atoms with van der Waals surface area (Å²) in [7, 11) is 0. The second-order valence-corrected chi connectivity index (χ2v) is 12.0. The molecule has 4 saturated carbocycles. The number of hydrogen-bond donors (Lipinski definition) is 3. The van der Waals surface area contributed by atoms with Crippen molar-refractivity contribution in [3.05, 3.63) is 24.3 Å². The van der Waals surface area contributed by atoms with Crippen molar-refractivity contribution in [3.8, 4) is 0 Å². The fourth-order valence-corrected chi connectivity index (χ4v) is 8.59. The molecule has 5 nitrogen and oxygen atoms in total. The van der Waals surface area contributed by atoms with E-state index in [9.17, 15) is 9.59 Å². The highest BCUT2D eigenvalue weighted by atomic mass is 16.4. The number of fused-ring (bicyclic) bond motifs is 5.